The van der Waals surface area contributed by atoms with Crippen molar-refractivity contribution in [3.8, 4) is 17.0 Å². The van der Waals surface area contributed by atoms with Gasteiger partial charge < -0.3 is 19.7 Å². The van der Waals surface area contributed by atoms with Gasteiger partial charge in [0.05, 0.1) is 11.6 Å². The molecule has 33 heavy (non-hydrogen) atoms. The van der Waals surface area contributed by atoms with Crippen LogP contribution in [0, 0.1) is 0 Å². The first kappa shape index (κ1) is 19.8. The summed E-state index contributed by atoms with van der Waals surface area (Å²) in [6.45, 7) is 3.49. The fraction of sp³-hybridized carbons (Fsp3) is 0.240. The predicted octanol–water partition coefficient (Wildman–Crippen LogP) is 4.21. The summed E-state index contributed by atoms with van der Waals surface area (Å²) in [4.78, 5) is 14.2. The minimum atomic E-state index is -0.275. The molecule has 2 atom stereocenters. The zero-order valence-electron chi connectivity index (χ0n) is 18.2. The number of β-amino-alcohol motifs (C(OH)–C–C–N with tert-alkyl or cyclic N) is 1. The average molecular weight is 441 g/mol. The van der Waals surface area contributed by atoms with Crippen LogP contribution in [0.5, 0.6) is 5.75 Å². The number of anilines is 1. The van der Waals surface area contributed by atoms with Crippen molar-refractivity contribution in [1.82, 2.24) is 25.1 Å². The van der Waals surface area contributed by atoms with Crippen LogP contribution in [-0.4, -0.2) is 49.4 Å². The van der Waals surface area contributed by atoms with Crippen molar-refractivity contribution >= 4 is 27.8 Å². The van der Waals surface area contributed by atoms with Gasteiger partial charge in [-0.05, 0) is 55.8 Å². The number of pyridine rings is 2. The first-order valence-electron chi connectivity index (χ1n) is 11.1. The maximum Gasteiger partial charge on any atom is 0.137 e. The molecule has 1 aliphatic heterocycles. The third-order valence-electron chi connectivity index (χ3n) is 6.29. The fourth-order valence-electron chi connectivity index (χ4n) is 4.55. The summed E-state index contributed by atoms with van der Waals surface area (Å²) in [5.41, 5.74) is 4.64. The van der Waals surface area contributed by atoms with Gasteiger partial charge in [-0.3, -0.25) is 5.10 Å². The van der Waals surface area contributed by atoms with Gasteiger partial charge in [0, 0.05) is 53.6 Å². The standard InChI is InChI=1S/C25H24N6O2/c1-15(19-6-9-26-25-20(19)7-10-27-25)33-18-3-4-22-21(12-18)24(30-29-22)16-2-5-23(28-13-16)31-11-8-17(32)14-31/h2-7,9-10,12-13,15,17,32H,8,11,14H2,1H3,(H,26,27)(H,29,30)/t15?,17-/m0/s1. The molecule has 0 amide bonds. The molecule has 4 aromatic heterocycles. The largest absolute Gasteiger partial charge is 0.486 e. The monoisotopic (exact) mass is 440 g/mol. The maximum absolute atomic E-state index is 9.79. The van der Waals surface area contributed by atoms with E-state index in [1.54, 1.807) is 6.20 Å². The summed E-state index contributed by atoms with van der Waals surface area (Å²) in [7, 11) is 0. The highest BCUT2D eigenvalue weighted by atomic mass is 16.5. The number of aromatic amines is 2. The number of hydrogen-bond donors (Lipinski definition) is 3. The lowest BCUT2D eigenvalue weighted by Crippen LogP contribution is -2.21. The smallest absolute Gasteiger partial charge is 0.137 e. The topological polar surface area (TPSA) is 103 Å². The number of hydrogen-bond acceptors (Lipinski definition) is 6. The zero-order chi connectivity index (χ0) is 22.4. The third-order valence-corrected chi connectivity index (χ3v) is 6.29. The zero-order valence-corrected chi connectivity index (χ0v) is 18.2. The summed E-state index contributed by atoms with van der Waals surface area (Å²) in [5, 5.41) is 19.5. The SMILES string of the molecule is CC(Oc1ccc2[nH]nc(-c3ccc(N4CC[C@H](O)C4)nc3)c2c1)c1ccnc2[nH]ccc12. The van der Waals surface area contributed by atoms with Crippen LogP contribution in [0.15, 0.2) is 61.1 Å². The molecule has 0 saturated carbocycles. The van der Waals surface area contributed by atoms with Crippen molar-refractivity contribution in [2.24, 2.45) is 0 Å². The highest BCUT2D eigenvalue weighted by Gasteiger charge is 2.21. The molecule has 1 aromatic carbocycles. The Bertz CT molecular complexity index is 1420. The van der Waals surface area contributed by atoms with Gasteiger partial charge in [0.15, 0.2) is 0 Å². The van der Waals surface area contributed by atoms with Crippen molar-refractivity contribution in [2.45, 2.75) is 25.6 Å². The quantitative estimate of drug-likeness (QED) is 0.378. The number of fused-ring (bicyclic) bond motifs is 2. The van der Waals surface area contributed by atoms with Gasteiger partial charge in [-0.2, -0.15) is 5.10 Å². The molecule has 5 heterocycles. The molecule has 1 fully saturated rings. The Hall–Kier alpha value is -3.91. The molecule has 1 unspecified atom stereocenters. The first-order valence-corrected chi connectivity index (χ1v) is 11.1. The van der Waals surface area contributed by atoms with Gasteiger partial charge in [0.1, 0.15) is 29.0 Å². The Morgan fingerprint density at radius 1 is 1.12 bits per heavy atom. The van der Waals surface area contributed by atoms with Crippen LogP contribution in [0.4, 0.5) is 5.82 Å². The number of ether oxygens (including phenoxy) is 1. The van der Waals surface area contributed by atoms with Crippen molar-refractivity contribution in [2.75, 3.05) is 18.0 Å². The van der Waals surface area contributed by atoms with Crippen molar-refractivity contribution in [3.05, 3.63) is 66.6 Å². The Kier molecular flexibility index (Phi) is 4.73. The van der Waals surface area contributed by atoms with Crippen molar-refractivity contribution in [1.29, 1.82) is 0 Å². The Morgan fingerprint density at radius 3 is 2.88 bits per heavy atom. The first-order chi connectivity index (χ1) is 16.2. The number of nitrogens with zero attached hydrogens (tertiary/aromatic N) is 4. The van der Waals surface area contributed by atoms with Crippen LogP contribution in [0.3, 0.4) is 0 Å². The van der Waals surface area contributed by atoms with Crippen LogP contribution >= 0.6 is 0 Å². The van der Waals surface area contributed by atoms with Gasteiger partial charge in [0.25, 0.3) is 0 Å². The highest BCUT2D eigenvalue weighted by molar-refractivity contribution is 5.93. The minimum Gasteiger partial charge on any atom is -0.486 e. The van der Waals surface area contributed by atoms with Crippen LogP contribution in [0.25, 0.3) is 33.2 Å². The minimum absolute atomic E-state index is 0.143. The predicted molar refractivity (Wildman–Crippen MR) is 127 cm³/mol. The molecule has 8 heteroatoms. The molecule has 1 aliphatic rings. The van der Waals surface area contributed by atoms with Crippen LogP contribution in [0.2, 0.25) is 0 Å². The highest BCUT2D eigenvalue weighted by Crippen LogP contribution is 2.32. The van der Waals surface area contributed by atoms with E-state index >= 15 is 0 Å². The molecular formula is C25H24N6O2. The van der Waals surface area contributed by atoms with Gasteiger partial charge in [-0.1, -0.05) is 0 Å². The molecule has 0 bridgehead atoms. The van der Waals surface area contributed by atoms with E-state index in [1.807, 2.05) is 61.8 Å². The van der Waals surface area contributed by atoms with E-state index in [0.717, 1.165) is 63.3 Å². The third kappa shape index (κ3) is 3.58. The summed E-state index contributed by atoms with van der Waals surface area (Å²) >= 11 is 0. The second-order valence-corrected chi connectivity index (χ2v) is 8.47. The van der Waals surface area contributed by atoms with E-state index in [0.29, 0.717) is 6.54 Å². The number of aliphatic hydroxyl groups excluding tert-OH is 1. The second-order valence-electron chi connectivity index (χ2n) is 8.47. The Balaban J connectivity index is 1.28. The van der Waals surface area contributed by atoms with Gasteiger partial charge in [-0.25, -0.2) is 9.97 Å². The van der Waals surface area contributed by atoms with Gasteiger partial charge in [0.2, 0.25) is 0 Å². The lowest BCUT2D eigenvalue weighted by atomic mass is 10.1. The molecule has 1 saturated heterocycles. The fourth-order valence-corrected chi connectivity index (χ4v) is 4.55. The summed E-state index contributed by atoms with van der Waals surface area (Å²) in [5.74, 6) is 1.65. The molecule has 8 nitrogen and oxygen atoms in total. The molecule has 0 spiro atoms. The van der Waals surface area contributed by atoms with E-state index in [9.17, 15) is 5.11 Å². The molecule has 3 N–H and O–H groups in total. The molecule has 0 radical (unpaired) electrons. The molecular weight excluding hydrogens is 416 g/mol. The van der Waals surface area contributed by atoms with Crippen molar-refractivity contribution in [3.63, 3.8) is 0 Å². The van der Waals surface area contributed by atoms with Crippen molar-refractivity contribution < 1.29 is 9.84 Å². The number of benzene rings is 1. The van der Waals surface area contributed by atoms with Gasteiger partial charge in [-0.15, -0.1) is 0 Å². The van der Waals surface area contributed by atoms with Gasteiger partial charge >= 0.3 is 0 Å². The number of rotatable bonds is 5. The Morgan fingerprint density at radius 2 is 2.06 bits per heavy atom. The number of aromatic nitrogens is 5. The summed E-state index contributed by atoms with van der Waals surface area (Å²) < 4.78 is 6.31. The molecule has 6 rings (SSSR count). The number of nitrogens with one attached hydrogen (secondary N) is 2. The Labute approximate surface area is 190 Å². The normalized spacial score (nSPS) is 17.2. The number of H-pyrrole nitrogens is 2. The van der Waals surface area contributed by atoms with E-state index in [2.05, 4.69) is 30.0 Å². The van der Waals surface area contributed by atoms with E-state index in [-0.39, 0.29) is 12.2 Å². The summed E-state index contributed by atoms with van der Waals surface area (Å²) in [6.07, 6.45) is 5.89. The second kappa shape index (κ2) is 7.90. The van der Waals surface area contributed by atoms with E-state index in [4.69, 9.17) is 4.74 Å². The average Bonchev–Trinajstić information content (AvgIpc) is 3.58. The maximum atomic E-state index is 9.79. The lowest BCUT2D eigenvalue weighted by molar-refractivity contribution is 0.198. The lowest BCUT2D eigenvalue weighted by Gasteiger charge is -2.16. The molecule has 0 aliphatic carbocycles. The number of aliphatic hydroxyl groups is 1. The van der Waals surface area contributed by atoms with Crippen LogP contribution in [0.1, 0.15) is 25.0 Å². The van der Waals surface area contributed by atoms with E-state index in [1.165, 1.54) is 0 Å². The van der Waals surface area contributed by atoms with Crippen LogP contribution in [-0.2, 0) is 0 Å². The van der Waals surface area contributed by atoms with Crippen LogP contribution < -0.4 is 9.64 Å². The molecule has 166 valence electrons. The summed E-state index contributed by atoms with van der Waals surface area (Å²) in [6, 6.07) is 14.0. The van der Waals surface area contributed by atoms with E-state index < -0.39 is 0 Å². The molecule has 5 aromatic rings.